The Hall–Kier alpha value is -0.850. The van der Waals surface area contributed by atoms with Gasteiger partial charge in [0.05, 0.1) is 0 Å². The summed E-state index contributed by atoms with van der Waals surface area (Å²) in [7, 11) is 0. The average Bonchev–Trinajstić information content (AvgIpc) is 2.10. The number of rotatable bonds is 5. The number of halogens is 1. The monoisotopic (exact) mass is 196 g/mol. The molecule has 1 heteroatoms. The molecule has 0 radical (unpaired) electrons. The minimum Gasteiger partial charge on any atom is -0.207 e. The normalized spacial score (nSPS) is 13.6. The highest BCUT2D eigenvalue weighted by Gasteiger charge is 2.02. The van der Waals surface area contributed by atoms with E-state index in [0.717, 1.165) is 24.0 Å². The van der Waals surface area contributed by atoms with Gasteiger partial charge in [-0.2, -0.15) is 0 Å². The van der Waals surface area contributed by atoms with Crippen molar-refractivity contribution in [3.63, 3.8) is 0 Å². The Bertz CT molecular complexity index is 244. The van der Waals surface area contributed by atoms with Gasteiger partial charge in [-0.25, -0.2) is 4.39 Å². The molecule has 0 spiro atoms. The molecular formula is C13H21F. The van der Waals surface area contributed by atoms with Gasteiger partial charge in [-0.05, 0) is 44.3 Å². The van der Waals surface area contributed by atoms with Gasteiger partial charge in [-0.3, -0.25) is 0 Å². The molecule has 80 valence electrons. The first-order valence-corrected chi connectivity index (χ1v) is 5.15. The largest absolute Gasteiger partial charge is 0.207 e. The summed E-state index contributed by atoms with van der Waals surface area (Å²) in [5, 5.41) is 0. The van der Waals surface area contributed by atoms with E-state index in [4.69, 9.17) is 0 Å². The second-order valence-electron chi connectivity index (χ2n) is 4.06. The number of hydrogen-bond acceptors (Lipinski definition) is 0. The second kappa shape index (κ2) is 6.58. The Kier molecular flexibility index (Phi) is 6.18. The predicted molar refractivity (Wildman–Crippen MR) is 61.8 cm³/mol. The molecule has 0 heterocycles. The molecule has 0 amide bonds. The third kappa shape index (κ3) is 5.74. The molecule has 0 aliphatic heterocycles. The molecule has 0 atom stereocenters. The average molecular weight is 196 g/mol. The highest BCUT2D eigenvalue weighted by atomic mass is 19.1. The topological polar surface area (TPSA) is 0 Å². The van der Waals surface area contributed by atoms with Crippen LogP contribution in [0.2, 0.25) is 0 Å². The first-order valence-electron chi connectivity index (χ1n) is 5.15. The molecule has 0 aromatic rings. The molecule has 0 saturated heterocycles. The third-order valence-electron chi connectivity index (χ3n) is 2.13. The van der Waals surface area contributed by atoms with Gasteiger partial charge in [0.15, 0.2) is 0 Å². The summed E-state index contributed by atoms with van der Waals surface area (Å²) in [6, 6.07) is 0. The molecule has 0 nitrogen and oxygen atoms in total. The van der Waals surface area contributed by atoms with Gasteiger partial charge in [-0.15, -0.1) is 0 Å². The maximum atomic E-state index is 13.0. The van der Waals surface area contributed by atoms with Crippen LogP contribution in [-0.4, -0.2) is 0 Å². The van der Waals surface area contributed by atoms with E-state index in [1.807, 2.05) is 6.92 Å². The standard InChI is InChI=1S/C13H21F/c1-6-13(14)9-12(11(4)5)8-7-10(2)3/h6,9-10H,4,7-8H2,1-3,5H3. The summed E-state index contributed by atoms with van der Waals surface area (Å²) in [6.07, 6.45) is 5.05. The second-order valence-corrected chi connectivity index (χ2v) is 4.06. The molecule has 0 N–H and O–H groups in total. The molecular weight excluding hydrogens is 175 g/mol. The fraction of sp³-hybridized carbons (Fsp3) is 0.538. The number of hydrogen-bond donors (Lipinski definition) is 0. The molecule has 0 bridgehead atoms. The van der Waals surface area contributed by atoms with Crippen LogP contribution >= 0.6 is 0 Å². The van der Waals surface area contributed by atoms with Crippen LogP contribution in [-0.2, 0) is 0 Å². The van der Waals surface area contributed by atoms with Gasteiger partial charge in [-0.1, -0.05) is 32.1 Å². The van der Waals surface area contributed by atoms with E-state index in [2.05, 4.69) is 20.4 Å². The van der Waals surface area contributed by atoms with Gasteiger partial charge in [0.1, 0.15) is 5.83 Å². The summed E-state index contributed by atoms with van der Waals surface area (Å²) in [4.78, 5) is 0. The Morgan fingerprint density at radius 2 is 2.00 bits per heavy atom. The van der Waals surface area contributed by atoms with E-state index in [1.54, 1.807) is 13.0 Å². The predicted octanol–water partition coefficient (Wildman–Crippen LogP) is 4.80. The molecule has 0 unspecified atom stereocenters. The van der Waals surface area contributed by atoms with Crippen molar-refractivity contribution in [2.24, 2.45) is 5.92 Å². The third-order valence-corrected chi connectivity index (χ3v) is 2.13. The van der Waals surface area contributed by atoms with Crippen LogP contribution in [0.15, 0.2) is 35.7 Å². The van der Waals surface area contributed by atoms with Crippen molar-refractivity contribution in [3.8, 4) is 0 Å². The van der Waals surface area contributed by atoms with E-state index < -0.39 is 0 Å². The Balaban J connectivity index is 4.45. The van der Waals surface area contributed by atoms with Crippen molar-refractivity contribution < 1.29 is 4.39 Å². The van der Waals surface area contributed by atoms with Gasteiger partial charge in [0, 0.05) is 0 Å². The SMILES string of the molecule is C=C(C)C(=CC(F)=CC)CCC(C)C. The van der Waals surface area contributed by atoms with Crippen LogP contribution in [0.5, 0.6) is 0 Å². The van der Waals surface area contributed by atoms with Crippen LogP contribution in [0.3, 0.4) is 0 Å². The van der Waals surface area contributed by atoms with Crippen LogP contribution < -0.4 is 0 Å². The summed E-state index contributed by atoms with van der Waals surface area (Å²) in [5.74, 6) is 0.471. The first-order chi connectivity index (χ1) is 6.47. The lowest BCUT2D eigenvalue weighted by Crippen LogP contribution is -1.91. The van der Waals surface area contributed by atoms with Crippen molar-refractivity contribution >= 4 is 0 Å². The van der Waals surface area contributed by atoms with E-state index in [-0.39, 0.29) is 5.83 Å². The zero-order valence-corrected chi connectivity index (χ0v) is 9.73. The van der Waals surface area contributed by atoms with Crippen LogP contribution in [0, 0.1) is 5.92 Å². The fourth-order valence-electron chi connectivity index (χ4n) is 1.10. The molecule has 0 aromatic carbocycles. The lowest BCUT2D eigenvalue weighted by atomic mass is 9.98. The van der Waals surface area contributed by atoms with E-state index in [9.17, 15) is 4.39 Å². The van der Waals surface area contributed by atoms with Crippen molar-refractivity contribution in [2.75, 3.05) is 0 Å². The minimum absolute atomic E-state index is 0.174. The number of allylic oxidation sites excluding steroid dienone is 5. The van der Waals surface area contributed by atoms with E-state index >= 15 is 0 Å². The zero-order valence-electron chi connectivity index (χ0n) is 9.73. The Morgan fingerprint density at radius 1 is 1.43 bits per heavy atom. The molecule has 0 saturated carbocycles. The van der Waals surface area contributed by atoms with Crippen LogP contribution in [0.1, 0.15) is 40.5 Å². The summed E-state index contributed by atoms with van der Waals surface area (Å²) < 4.78 is 13.0. The van der Waals surface area contributed by atoms with Crippen LogP contribution in [0.4, 0.5) is 4.39 Å². The molecule has 0 aromatic heterocycles. The van der Waals surface area contributed by atoms with Gasteiger partial charge in [0.25, 0.3) is 0 Å². The van der Waals surface area contributed by atoms with Gasteiger partial charge < -0.3 is 0 Å². The molecule has 0 rings (SSSR count). The highest BCUT2D eigenvalue weighted by molar-refractivity contribution is 5.31. The van der Waals surface area contributed by atoms with Gasteiger partial charge in [0.2, 0.25) is 0 Å². The van der Waals surface area contributed by atoms with Crippen molar-refractivity contribution in [2.45, 2.75) is 40.5 Å². The minimum atomic E-state index is -0.174. The van der Waals surface area contributed by atoms with Crippen molar-refractivity contribution in [1.82, 2.24) is 0 Å². The summed E-state index contributed by atoms with van der Waals surface area (Å²) >= 11 is 0. The zero-order chi connectivity index (χ0) is 11.1. The van der Waals surface area contributed by atoms with E-state index in [0.29, 0.717) is 5.92 Å². The molecule has 0 fully saturated rings. The van der Waals surface area contributed by atoms with E-state index in [1.165, 1.54) is 6.08 Å². The molecule has 0 aliphatic carbocycles. The summed E-state index contributed by atoms with van der Waals surface area (Å²) in [6.45, 7) is 11.8. The van der Waals surface area contributed by atoms with Gasteiger partial charge >= 0.3 is 0 Å². The first kappa shape index (κ1) is 13.2. The smallest absolute Gasteiger partial charge is 0.119 e. The lowest BCUT2D eigenvalue weighted by Gasteiger charge is -2.08. The molecule has 14 heavy (non-hydrogen) atoms. The summed E-state index contributed by atoms with van der Waals surface area (Å²) in [5.41, 5.74) is 1.98. The van der Waals surface area contributed by atoms with Crippen LogP contribution in [0.25, 0.3) is 0 Å². The van der Waals surface area contributed by atoms with Crippen molar-refractivity contribution in [1.29, 1.82) is 0 Å². The maximum absolute atomic E-state index is 13.0. The quantitative estimate of drug-likeness (QED) is 0.554. The maximum Gasteiger partial charge on any atom is 0.119 e. The highest BCUT2D eigenvalue weighted by Crippen LogP contribution is 2.19. The lowest BCUT2D eigenvalue weighted by molar-refractivity contribution is 0.584. The fourth-order valence-corrected chi connectivity index (χ4v) is 1.10. The Morgan fingerprint density at radius 3 is 2.36 bits per heavy atom. The van der Waals surface area contributed by atoms with Crippen molar-refractivity contribution in [3.05, 3.63) is 35.7 Å². The Labute approximate surface area is 87.2 Å². The molecule has 0 aliphatic rings.